The van der Waals surface area contributed by atoms with Crippen molar-refractivity contribution in [2.75, 3.05) is 6.54 Å². The molecule has 0 saturated carbocycles. The zero-order valence-corrected chi connectivity index (χ0v) is 14.0. The van der Waals surface area contributed by atoms with E-state index in [0.29, 0.717) is 23.5 Å². The van der Waals surface area contributed by atoms with Crippen molar-refractivity contribution in [1.29, 1.82) is 0 Å². The molecule has 0 aliphatic rings. The second-order valence-electron chi connectivity index (χ2n) is 4.75. The number of hydrogen-bond donors (Lipinski definition) is 2. The van der Waals surface area contributed by atoms with Gasteiger partial charge >= 0.3 is 0 Å². The first kappa shape index (κ1) is 15.6. The second kappa shape index (κ2) is 6.88. The predicted octanol–water partition coefficient (Wildman–Crippen LogP) is 2.65. The van der Waals surface area contributed by atoms with Crippen LogP contribution in [0.2, 0.25) is 0 Å². The summed E-state index contributed by atoms with van der Waals surface area (Å²) < 4.78 is 7.68. The molecular formula is C14H15N5O2S2. The van der Waals surface area contributed by atoms with Gasteiger partial charge in [0.25, 0.3) is 5.91 Å². The predicted molar refractivity (Wildman–Crippen MR) is 88.9 cm³/mol. The second-order valence-corrected chi connectivity index (χ2v) is 6.08. The van der Waals surface area contributed by atoms with E-state index in [0.717, 1.165) is 17.2 Å². The molecule has 0 spiro atoms. The van der Waals surface area contributed by atoms with Crippen LogP contribution in [-0.4, -0.2) is 32.4 Å². The Bertz CT molecular complexity index is 847. The van der Waals surface area contributed by atoms with Gasteiger partial charge in [-0.3, -0.25) is 9.89 Å². The smallest absolute Gasteiger partial charge is 0.273 e. The van der Waals surface area contributed by atoms with Gasteiger partial charge in [0.2, 0.25) is 0 Å². The van der Waals surface area contributed by atoms with Crippen LogP contribution in [0, 0.1) is 4.77 Å². The van der Waals surface area contributed by atoms with Crippen molar-refractivity contribution >= 4 is 29.5 Å². The number of H-pyrrole nitrogens is 1. The molecule has 3 rings (SSSR count). The lowest BCUT2D eigenvalue weighted by molar-refractivity contribution is 0.0945. The molecule has 0 bridgehead atoms. The summed E-state index contributed by atoms with van der Waals surface area (Å²) in [6.45, 7) is 3.18. The van der Waals surface area contributed by atoms with E-state index in [1.807, 2.05) is 29.0 Å². The zero-order chi connectivity index (χ0) is 16.2. The number of hydrogen-bond acceptors (Lipinski definition) is 6. The molecule has 0 radical (unpaired) electrons. The molecule has 9 heteroatoms. The topological polar surface area (TPSA) is 88.7 Å². The van der Waals surface area contributed by atoms with Crippen molar-refractivity contribution in [3.8, 4) is 10.6 Å². The Hall–Kier alpha value is -2.26. The first-order valence-electron chi connectivity index (χ1n) is 7.12. The van der Waals surface area contributed by atoms with Gasteiger partial charge in [-0.15, -0.1) is 11.3 Å². The van der Waals surface area contributed by atoms with Gasteiger partial charge in [-0.2, -0.15) is 5.10 Å². The average Bonchev–Trinajstić information content (AvgIpc) is 3.27. The molecule has 2 N–H and O–H groups in total. The Kier molecular flexibility index (Phi) is 4.68. The van der Waals surface area contributed by atoms with Gasteiger partial charge < -0.3 is 14.4 Å². The third-order valence-electron chi connectivity index (χ3n) is 3.29. The molecule has 0 atom stereocenters. The van der Waals surface area contributed by atoms with Crippen LogP contribution in [0.5, 0.6) is 0 Å². The molecule has 3 aromatic rings. The molecule has 120 valence electrons. The molecule has 3 aromatic heterocycles. The molecule has 1 amide bonds. The summed E-state index contributed by atoms with van der Waals surface area (Å²) in [5.74, 6) is 1.14. The molecule has 0 fully saturated rings. The third kappa shape index (κ3) is 3.40. The number of aromatic amines is 1. The van der Waals surface area contributed by atoms with Gasteiger partial charge in [0.1, 0.15) is 5.82 Å². The van der Waals surface area contributed by atoms with E-state index < -0.39 is 0 Å². The van der Waals surface area contributed by atoms with Crippen LogP contribution >= 0.6 is 23.6 Å². The Morgan fingerprint density at radius 2 is 2.43 bits per heavy atom. The fraction of sp³-hybridized carbons (Fsp3) is 0.286. The van der Waals surface area contributed by atoms with Crippen LogP contribution in [0.25, 0.3) is 10.6 Å². The fourth-order valence-electron chi connectivity index (χ4n) is 2.16. The standard InChI is InChI=1S/C14H15N5O2S2/c1-2-19-12(16-17-14(19)22)5-6-15-13(20)9-8-10(21-18-9)11-4-3-7-23-11/h3-4,7-8H,2,5-6H2,1H3,(H,15,20)(H,17,22). The highest BCUT2D eigenvalue weighted by atomic mass is 32.1. The van der Waals surface area contributed by atoms with Crippen molar-refractivity contribution in [2.45, 2.75) is 19.9 Å². The van der Waals surface area contributed by atoms with Crippen molar-refractivity contribution < 1.29 is 9.32 Å². The van der Waals surface area contributed by atoms with Crippen molar-refractivity contribution in [3.05, 3.63) is 39.9 Å². The number of nitrogens with one attached hydrogen (secondary N) is 2. The van der Waals surface area contributed by atoms with E-state index >= 15 is 0 Å². The Morgan fingerprint density at radius 1 is 1.57 bits per heavy atom. The van der Waals surface area contributed by atoms with Crippen LogP contribution in [0.3, 0.4) is 0 Å². The number of aromatic nitrogens is 4. The lowest BCUT2D eigenvalue weighted by atomic mass is 10.3. The summed E-state index contributed by atoms with van der Waals surface area (Å²) >= 11 is 6.66. The first-order valence-corrected chi connectivity index (χ1v) is 8.40. The summed E-state index contributed by atoms with van der Waals surface area (Å²) in [7, 11) is 0. The van der Waals surface area contributed by atoms with Crippen LogP contribution in [-0.2, 0) is 13.0 Å². The van der Waals surface area contributed by atoms with Gasteiger partial charge in [0, 0.05) is 25.6 Å². The summed E-state index contributed by atoms with van der Waals surface area (Å²) in [5.41, 5.74) is 0.266. The summed E-state index contributed by atoms with van der Waals surface area (Å²) in [6, 6.07) is 5.48. The van der Waals surface area contributed by atoms with Crippen LogP contribution in [0.15, 0.2) is 28.1 Å². The van der Waals surface area contributed by atoms with E-state index in [4.69, 9.17) is 16.7 Å². The van der Waals surface area contributed by atoms with E-state index in [1.165, 1.54) is 11.3 Å². The first-order chi connectivity index (χ1) is 11.2. The number of carbonyl (C=O) groups excluding carboxylic acids is 1. The molecule has 0 aromatic carbocycles. The van der Waals surface area contributed by atoms with Crippen LogP contribution < -0.4 is 5.32 Å². The highest BCUT2D eigenvalue weighted by Gasteiger charge is 2.14. The monoisotopic (exact) mass is 349 g/mol. The van der Waals surface area contributed by atoms with Crippen LogP contribution in [0.4, 0.5) is 0 Å². The zero-order valence-electron chi connectivity index (χ0n) is 12.4. The number of nitrogens with zero attached hydrogens (tertiary/aromatic N) is 3. The fourth-order valence-corrected chi connectivity index (χ4v) is 3.12. The number of thiophene rings is 1. The Balaban J connectivity index is 1.58. The van der Waals surface area contributed by atoms with Gasteiger partial charge in [-0.05, 0) is 30.6 Å². The van der Waals surface area contributed by atoms with Gasteiger partial charge in [0.05, 0.1) is 4.88 Å². The SMILES string of the molecule is CCn1c(CCNC(=O)c2cc(-c3cccs3)on2)n[nH]c1=S. The minimum atomic E-state index is -0.270. The van der Waals surface area contributed by atoms with Gasteiger partial charge in [-0.1, -0.05) is 11.2 Å². The molecule has 3 heterocycles. The minimum Gasteiger partial charge on any atom is -0.355 e. The molecule has 0 saturated heterocycles. The minimum absolute atomic E-state index is 0.266. The van der Waals surface area contributed by atoms with E-state index in [1.54, 1.807) is 6.07 Å². The molecule has 0 aliphatic heterocycles. The van der Waals surface area contributed by atoms with Crippen molar-refractivity contribution in [1.82, 2.24) is 25.2 Å². The van der Waals surface area contributed by atoms with Crippen molar-refractivity contribution in [2.24, 2.45) is 0 Å². The number of rotatable bonds is 6. The lowest BCUT2D eigenvalue weighted by Gasteiger charge is -2.04. The number of carbonyl (C=O) groups is 1. The van der Waals surface area contributed by atoms with Crippen LogP contribution in [0.1, 0.15) is 23.2 Å². The molecule has 7 nitrogen and oxygen atoms in total. The lowest BCUT2D eigenvalue weighted by Crippen LogP contribution is -2.26. The molecular weight excluding hydrogens is 334 g/mol. The van der Waals surface area contributed by atoms with E-state index in [-0.39, 0.29) is 11.6 Å². The highest BCUT2D eigenvalue weighted by molar-refractivity contribution is 7.71. The average molecular weight is 349 g/mol. The quantitative estimate of drug-likeness (QED) is 0.668. The third-order valence-corrected chi connectivity index (χ3v) is 4.49. The largest absolute Gasteiger partial charge is 0.355 e. The normalized spacial score (nSPS) is 10.8. The number of amides is 1. The maximum Gasteiger partial charge on any atom is 0.273 e. The van der Waals surface area contributed by atoms with Gasteiger partial charge in [0.15, 0.2) is 16.2 Å². The molecule has 23 heavy (non-hydrogen) atoms. The van der Waals surface area contributed by atoms with Gasteiger partial charge in [-0.25, -0.2) is 0 Å². The van der Waals surface area contributed by atoms with Crippen molar-refractivity contribution in [3.63, 3.8) is 0 Å². The maximum absolute atomic E-state index is 12.1. The summed E-state index contributed by atoms with van der Waals surface area (Å²) in [6.07, 6.45) is 0.586. The van der Waals surface area contributed by atoms with E-state index in [9.17, 15) is 4.79 Å². The Labute approximate surface area is 141 Å². The maximum atomic E-state index is 12.1. The van der Waals surface area contributed by atoms with E-state index in [2.05, 4.69) is 20.7 Å². The summed E-state index contributed by atoms with van der Waals surface area (Å²) in [4.78, 5) is 13.0. The summed E-state index contributed by atoms with van der Waals surface area (Å²) in [5, 5.41) is 15.5. The molecule has 0 unspecified atom stereocenters. The Morgan fingerprint density at radius 3 is 3.17 bits per heavy atom. The molecule has 0 aliphatic carbocycles. The highest BCUT2D eigenvalue weighted by Crippen LogP contribution is 2.24.